The van der Waals surface area contributed by atoms with Gasteiger partial charge in [-0.1, -0.05) is 19.4 Å². The maximum atomic E-state index is 12.4. The molecule has 4 aliphatic carbocycles. The lowest BCUT2D eigenvalue weighted by Crippen LogP contribution is -2.64. The van der Waals surface area contributed by atoms with Gasteiger partial charge in [0.1, 0.15) is 18.3 Å². The van der Waals surface area contributed by atoms with Crippen molar-refractivity contribution in [1.82, 2.24) is 0 Å². The summed E-state index contributed by atoms with van der Waals surface area (Å²) in [6.07, 6.45) is 1.65. The highest BCUT2D eigenvalue weighted by atomic mass is 17.0. The molecule has 3 fully saturated rings. The number of ketones is 2. The molecule has 0 saturated heterocycles. The quantitative estimate of drug-likeness (QED) is 0.448. The van der Waals surface area contributed by atoms with E-state index < -0.39 is 46.1 Å². The van der Waals surface area contributed by atoms with Gasteiger partial charge in [0, 0.05) is 17.3 Å². The standard InChI is InChI=1S/C21H29NO8/c1-19-9-15(25)18-13(14(19)5-6-21(19,27)16(26)10-23)4-3-11-7-12(24)8-17(20(11,18)2)30-22(28)29/h7,13-15,17-18,23,25,27H,3-6,8-10H2,1-2H3/t13-,14-,15-,17?,18+,19-,20+,21-/m0/s1. The van der Waals surface area contributed by atoms with Crippen LogP contribution in [0.3, 0.4) is 0 Å². The SMILES string of the molecule is C[C@]12C[C@H](O)[C@H]3[C@@H](CCC4=CC(=O)CC(O[N+](=O)[O-])[C@@]43C)[C@@H]1CC[C@]2(O)C(=O)CO. The van der Waals surface area contributed by atoms with Gasteiger partial charge in [-0.2, -0.15) is 0 Å². The molecule has 4 rings (SSSR count). The summed E-state index contributed by atoms with van der Waals surface area (Å²) in [5, 5.41) is 42.2. The first-order valence-corrected chi connectivity index (χ1v) is 10.6. The summed E-state index contributed by atoms with van der Waals surface area (Å²) in [5.74, 6) is -1.41. The minimum absolute atomic E-state index is 0.0846. The molecule has 166 valence electrons. The molecular formula is C21H29NO8. The van der Waals surface area contributed by atoms with Gasteiger partial charge in [0.15, 0.2) is 11.6 Å². The van der Waals surface area contributed by atoms with Crippen LogP contribution in [0.2, 0.25) is 0 Å². The third kappa shape index (κ3) is 2.64. The van der Waals surface area contributed by atoms with Crippen LogP contribution in [0.25, 0.3) is 0 Å². The number of carbonyl (C=O) groups is 2. The predicted molar refractivity (Wildman–Crippen MR) is 102 cm³/mol. The number of aliphatic hydroxyl groups excluding tert-OH is 2. The second kappa shape index (κ2) is 6.83. The molecule has 3 N–H and O–H groups in total. The van der Waals surface area contributed by atoms with E-state index in [1.807, 2.05) is 6.92 Å². The largest absolute Gasteiger partial charge is 0.393 e. The second-order valence-corrected chi connectivity index (χ2v) is 9.94. The van der Waals surface area contributed by atoms with E-state index in [2.05, 4.69) is 0 Å². The highest BCUT2D eigenvalue weighted by Gasteiger charge is 2.69. The van der Waals surface area contributed by atoms with E-state index in [4.69, 9.17) is 4.84 Å². The number of aliphatic hydroxyl groups is 3. The summed E-state index contributed by atoms with van der Waals surface area (Å²) in [5.41, 5.74) is -2.70. The molecule has 4 aliphatic rings. The fraction of sp³-hybridized carbons (Fsp3) is 0.810. The molecule has 0 aromatic rings. The summed E-state index contributed by atoms with van der Waals surface area (Å²) < 4.78 is 0. The Bertz CT molecular complexity index is 826. The summed E-state index contributed by atoms with van der Waals surface area (Å²) in [6.45, 7) is 2.89. The fourth-order valence-corrected chi connectivity index (χ4v) is 7.55. The van der Waals surface area contributed by atoms with Crippen molar-refractivity contribution in [3.8, 4) is 0 Å². The first-order chi connectivity index (χ1) is 14.0. The topological polar surface area (TPSA) is 147 Å². The van der Waals surface area contributed by atoms with E-state index in [0.29, 0.717) is 19.3 Å². The molecule has 0 radical (unpaired) electrons. The van der Waals surface area contributed by atoms with E-state index in [-0.39, 0.29) is 42.8 Å². The van der Waals surface area contributed by atoms with Gasteiger partial charge in [-0.05, 0) is 55.9 Å². The summed E-state index contributed by atoms with van der Waals surface area (Å²) in [6, 6.07) is 0. The maximum absolute atomic E-state index is 12.4. The number of Topliss-reactive ketones (excluding diaryl/α,β-unsaturated/α-hetero) is 1. The van der Waals surface area contributed by atoms with Crippen LogP contribution in [0.15, 0.2) is 11.6 Å². The van der Waals surface area contributed by atoms with Gasteiger partial charge in [0.2, 0.25) is 0 Å². The highest BCUT2D eigenvalue weighted by Crippen LogP contribution is 2.67. The minimum atomic E-state index is -1.70. The number of rotatable bonds is 4. The van der Waals surface area contributed by atoms with E-state index in [1.54, 1.807) is 13.0 Å². The molecule has 0 amide bonds. The molecule has 30 heavy (non-hydrogen) atoms. The van der Waals surface area contributed by atoms with Gasteiger partial charge in [0.25, 0.3) is 5.09 Å². The molecule has 0 aliphatic heterocycles. The van der Waals surface area contributed by atoms with Crippen LogP contribution in [0.1, 0.15) is 52.4 Å². The number of hydrogen-bond donors (Lipinski definition) is 3. The average molecular weight is 423 g/mol. The van der Waals surface area contributed by atoms with Crippen molar-refractivity contribution in [2.24, 2.45) is 28.6 Å². The molecule has 8 atom stereocenters. The first-order valence-electron chi connectivity index (χ1n) is 10.6. The van der Waals surface area contributed by atoms with E-state index >= 15 is 0 Å². The Balaban J connectivity index is 1.77. The Kier molecular flexibility index (Phi) is 4.87. The van der Waals surface area contributed by atoms with Crippen molar-refractivity contribution in [2.75, 3.05) is 6.61 Å². The molecular weight excluding hydrogens is 394 g/mol. The Morgan fingerprint density at radius 3 is 2.70 bits per heavy atom. The zero-order chi connectivity index (χ0) is 22.1. The maximum Gasteiger partial charge on any atom is 0.294 e. The van der Waals surface area contributed by atoms with Gasteiger partial charge in [0.05, 0.1) is 6.10 Å². The summed E-state index contributed by atoms with van der Waals surface area (Å²) in [7, 11) is 0. The molecule has 9 heteroatoms. The third-order valence-electron chi connectivity index (χ3n) is 8.95. The van der Waals surface area contributed by atoms with E-state index in [1.165, 1.54) is 0 Å². The molecule has 0 bridgehead atoms. The Morgan fingerprint density at radius 1 is 1.37 bits per heavy atom. The number of fused-ring (bicyclic) bond motifs is 5. The van der Waals surface area contributed by atoms with Crippen molar-refractivity contribution >= 4 is 11.6 Å². The lowest BCUT2D eigenvalue weighted by Gasteiger charge is -2.61. The Morgan fingerprint density at radius 2 is 2.07 bits per heavy atom. The van der Waals surface area contributed by atoms with Gasteiger partial charge < -0.3 is 20.2 Å². The number of hydrogen-bond acceptors (Lipinski definition) is 8. The lowest BCUT2D eigenvalue weighted by atomic mass is 9.45. The molecule has 1 unspecified atom stereocenters. The highest BCUT2D eigenvalue weighted by molar-refractivity contribution is 5.92. The lowest BCUT2D eigenvalue weighted by molar-refractivity contribution is -0.772. The van der Waals surface area contributed by atoms with E-state index in [9.17, 15) is 35.0 Å². The smallest absolute Gasteiger partial charge is 0.294 e. The van der Waals surface area contributed by atoms with Crippen LogP contribution in [0, 0.1) is 38.7 Å². The normalized spacial score (nSPS) is 47.6. The third-order valence-corrected chi connectivity index (χ3v) is 8.95. The number of nitrogens with zero attached hydrogens (tertiary/aromatic N) is 1. The van der Waals surface area contributed by atoms with Crippen LogP contribution in [-0.4, -0.2) is 56.4 Å². The average Bonchev–Trinajstić information content (AvgIpc) is 2.93. The van der Waals surface area contributed by atoms with Gasteiger partial charge >= 0.3 is 0 Å². The number of carbonyl (C=O) groups excluding carboxylic acids is 2. The van der Waals surface area contributed by atoms with Gasteiger partial charge in [-0.3, -0.25) is 9.59 Å². The van der Waals surface area contributed by atoms with Gasteiger partial charge in [-0.15, -0.1) is 10.1 Å². The molecule has 0 aromatic carbocycles. The van der Waals surface area contributed by atoms with Gasteiger partial charge in [-0.25, -0.2) is 0 Å². The van der Waals surface area contributed by atoms with Crippen LogP contribution >= 0.6 is 0 Å². The van der Waals surface area contributed by atoms with Crippen molar-refractivity contribution in [3.05, 3.63) is 21.8 Å². The molecule has 3 saturated carbocycles. The molecule has 0 heterocycles. The Labute approximate surface area is 174 Å². The van der Waals surface area contributed by atoms with Crippen LogP contribution in [0.4, 0.5) is 0 Å². The monoisotopic (exact) mass is 423 g/mol. The summed E-state index contributed by atoms with van der Waals surface area (Å²) >= 11 is 0. The summed E-state index contributed by atoms with van der Waals surface area (Å²) in [4.78, 5) is 40.8. The molecule has 0 aromatic heterocycles. The Hall–Kier alpha value is -1.84. The zero-order valence-electron chi connectivity index (χ0n) is 17.2. The van der Waals surface area contributed by atoms with Crippen molar-refractivity contribution < 1.29 is 34.8 Å². The van der Waals surface area contributed by atoms with Crippen LogP contribution in [-0.2, 0) is 14.4 Å². The fourth-order valence-electron chi connectivity index (χ4n) is 7.55. The van der Waals surface area contributed by atoms with Crippen molar-refractivity contribution in [3.63, 3.8) is 0 Å². The van der Waals surface area contributed by atoms with Crippen molar-refractivity contribution in [2.45, 2.75) is 70.2 Å². The van der Waals surface area contributed by atoms with Crippen molar-refractivity contribution in [1.29, 1.82) is 0 Å². The predicted octanol–water partition coefficient (Wildman–Crippen LogP) is 0.968. The molecule has 9 nitrogen and oxygen atoms in total. The van der Waals surface area contributed by atoms with E-state index in [0.717, 1.165) is 5.57 Å². The zero-order valence-corrected chi connectivity index (χ0v) is 17.2. The first kappa shape index (κ1) is 21.4. The molecule has 0 spiro atoms. The minimum Gasteiger partial charge on any atom is -0.393 e. The van der Waals surface area contributed by atoms with Crippen LogP contribution < -0.4 is 0 Å². The second-order valence-electron chi connectivity index (χ2n) is 9.94. The van der Waals surface area contributed by atoms with Crippen LogP contribution in [0.5, 0.6) is 0 Å².